The first-order valence-corrected chi connectivity index (χ1v) is 5.92. The zero-order valence-corrected chi connectivity index (χ0v) is 10.2. The molecule has 0 spiro atoms. The highest BCUT2D eigenvalue weighted by molar-refractivity contribution is 5.46. The van der Waals surface area contributed by atoms with Crippen molar-refractivity contribution in [2.45, 2.75) is 13.0 Å². The number of hydrogen-bond donors (Lipinski definition) is 2. The molecule has 0 aliphatic carbocycles. The fourth-order valence-electron chi connectivity index (χ4n) is 1.83. The smallest absolute Gasteiger partial charge is 0.0363 e. The Morgan fingerprint density at radius 3 is 2.53 bits per heavy atom. The van der Waals surface area contributed by atoms with Crippen LogP contribution in [0.1, 0.15) is 11.3 Å². The van der Waals surface area contributed by atoms with Gasteiger partial charge >= 0.3 is 0 Å². The number of rotatable bonds is 5. The van der Waals surface area contributed by atoms with Crippen molar-refractivity contribution in [1.29, 1.82) is 0 Å². The van der Waals surface area contributed by atoms with E-state index in [0.717, 1.165) is 13.0 Å². The van der Waals surface area contributed by atoms with E-state index < -0.39 is 0 Å². The molecule has 0 atom stereocenters. The number of nitrogens with two attached hydrogens (primary N) is 1. The fraction of sp³-hybridized carbons (Fsp3) is 0.286. The zero-order valence-electron chi connectivity index (χ0n) is 10.2. The van der Waals surface area contributed by atoms with Gasteiger partial charge in [0.2, 0.25) is 0 Å². The highest BCUT2D eigenvalue weighted by atomic mass is 15.1. The number of benzene rings is 1. The number of nitrogens with one attached hydrogen (secondary N) is 1. The second-order valence-corrected chi connectivity index (χ2v) is 4.24. The summed E-state index contributed by atoms with van der Waals surface area (Å²) in [7, 11) is 2.11. The minimum Gasteiger partial charge on any atom is -0.374 e. The van der Waals surface area contributed by atoms with Gasteiger partial charge in [-0.05, 0) is 29.8 Å². The Kier molecular flexibility index (Phi) is 3.83. The van der Waals surface area contributed by atoms with Crippen LogP contribution >= 0.6 is 0 Å². The molecule has 0 unspecified atom stereocenters. The lowest BCUT2D eigenvalue weighted by molar-refractivity contribution is 0.858. The third-order valence-electron chi connectivity index (χ3n) is 2.99. The van der Waals surface area contributed by atoms with E-state index >= 15 is 0 Å². The van der Waals surface area contributed by atoms with Gasteiger partial charge in [-0.1, -0.05) is 12.1 Å². The van der Waals surface area contributed by atoms with Crippen LogP contribution < -0.4 is 10.6 Å². The molecule has 0 amide bonds. The maximum atomic E-state index is 5.58. The van der Waals surface area contributed by atoms with Crippen molar-refractivity contribution in [3.8, 4) is 0 Å². The fourth-order valence-corrected chi connectivity index (χ4v) is 1.83. The van der Waals surface area contributed by atoms with Crippen LogP contribution in [0.15, 0.2) is 42.6 Å². The number of aromatic amines is 1. The summed E-state index contributed by atoms with van der Waals surface area (Å²) in [5.41, 5.74) is 9.26. The number of likely N-dealkylation sites (N-methyl/N-ethyl adjacent to an activating group) is 1. The maximum absolute atomic E-state index is 5.58. The van der Waals surface area contributed by atoms with Crippen molar-refractivity contribution in [3.05, 3.63) is 53.9 Å². The van der Waals surface area contributed by atoms with Crippen molar-refractivity contribution >= 4 is 5.69 Å². The van der Waals surface area contributed by atoms with E-state index in [-0.39, 0.29) is 0 Å². The van der Waals surface area contributed by atoms with Crippen molar-refractivity contribution in [2.75, 3.05) is 18.5 Å². The first-order valence-electron chi connectivity index (χ1n) is 5.92. The normalized spacial score (nSPS) is 10.5. The largest absolute Gasteiger partial charge is 0.374 e. The average molecular weight is 229 g/mol. The van der Waals surface area contributed by atoms with Crippen LogP contribution in [0.2, 0.25) is 0 Å². The number of nitrogens with zero attached hydrogens (tertiary/aromatic N) is 1. The molecule has 1 aromatic carbocycles. The number of hydrogen-bond acceptors (Lipinski definition) is 2. The standard InChI is InChI=1S/C14H19N3/c1-17(10-8-13-3-2-9-16-13)14-6-4-12(11-15)5-7-14/h2-7,9,16H,8,10-11,15H2,1H3. The average Bonchev–Trinajstić information content (AvgIpc) is 2.89. The molecular weight excluding hydrogens is 210 g/mol. The molecule has 2 rings (SSSR count). The van der Waals surface area contributed by atoms with Gasteiger partial charge in [0.15, 0.2) is 0 Å². The highest BCUT2D eigenvalue weighted by Gasteiger charge is 2.01. The Bertz CT molecular complexity index is 431. The van der Waals surface area contributed by atoms with Gasteiger partial charge in [0, 0.05) is 44.1 Å². The molecule has 3 nitrogen and oxygen atoms in total. The monoisotopic (exact) mass is 229 g/mol. The predicted molar refractivity (Wildman–Crippen MR) is 72.1 cm³/mol. The molecular formula is C14H19N3. The van der Waals surface area contributed by atoms with Crippen molar-refractivity contribution in [2.24, 2.45) is 5.73 Å². The van der Waals surface area contributed by atoms with E-state index in [1.54, 1.807) is 0 Å². The van der Waals surface area contributed by atoms with Gasteiger partial charge in [-0.25, -0.2) is 0 Å². The molecule has 1 aromatic heterocycles. The summed E-state index contributed by atoms with van der Waals surface area (Å²) in [6.07, 6.45) is 2.99. The van der Waals surface area contributed by atoms with Crippen LogP contribution in [0.25, 0.3) is 0 Å². The SMILES string of the molecule is CN(CCc1ccc[nH]1)c1ccc(CN)cc1. The van der Waals surface area contributed by atoms with E-state index in [1.165, 1.54) is 16.9 Å². The summed E-state index contributed by atoms with van der Waals surface area (Å²) in [5, 5.41) is 0. The molecule has 1 heterocycles. The van der Waals surface area contributed by atoms with E-state index in [2.05, 4.69) is 47.3 Å². The summed E-state index contributed by atoms with van der Waals surface area (Å²) in [5.74, 6) is 0. The number of anilines is 1. The topological polar surface area (TPSA) is 45.0 Å². The van der Waals surface area contributed by atoms with E-state index in [4.69, 9.17) is 5.73 Å². The molecule has 0 radical (unpaired) electrons. The van der Waals surface area contributed by atoms with Crippen molar-refractivity contribution in [1.82, 2.24) is 4.98 Å². The highest BCUT2D eigenvalue weighted by Crippen LogP contribution is 2.14. The van der Waals surface area contributed by atoms with Crippen LogP contribution in [-0.4, -0.2) is 18.6 Å². The van der Waals surface area contributed by atoms with E-state index in [1.807, 2.05) is 12.3 Å². The predicted octanol–water partition coefficient (Wildman–Crippen LogP) is 2.15. The van der Waals surface area contributed by atoms with E-state index in [9.17, 15) is 0 Å². The van der Waals surface area contributed by atoms with Gasteiger partial charge in [0.25, 0.3) is 0 Å². The molecule has 0 saturated heterocycles. The lowest BCUT2D eigenvalue weighted by Gasteiger charge is -2.19. The molecule has 90 valence electrons. The third kappa shape index (κ3) is 3.11. The molecule has 17 heavy (non-hydrogen) atoms. The van der Waals surface area contributed by atoms with Crippen LogP contribution in [0, 0.1) is 0 Å². The maximum Gasteiger partial charge on any atom is 0.0363 e. The second kappa shape index (κ2) is 5.55. The van der Waals surface area contributed by atoms with Crippen LogP contribution in [0.3, 0.4) is 0 Å². The van der Waals surface area contributed by atoms with E-state index in [0.29, 0.717) is 6.54 Å². The molecule has 0 saturated carbocycles. The summed E-state index contributed by atoms with van der Waals surface area (Å²) in [4.78, 5) is 5.47. The Balaban J connectivity index is 1.92. The third-order valence-corrected chi connectivity index (χ3v) is 2.99. The summed E-state index contributed by atoms with van der Waals surface area (Å²) >= 11 is 0. The Morgan fingerprint density at radius 2 is 1.94 bits per heavy atom. The van der Waals surface area contributed by atoms with Gasteiger partial charge in [0.05, 0.1) is 0 Å². The van der Waals surface area contributed by atoms with Gasteiger partial charge in [0.1, 0.15) is 0 Å². The lowest BCUT2D eigenvalue weighted by Crippen LogP contribution is -2.20. The van der Waals surface area contributed by atoms with Gasteiger partial charge in [-0.3, -0.25) is 0 Å². The van der Waals surface area contributed by atoms with Crippen LogP contribution in [-0.2, 0) is 13.0 Å². The Morgan fingerprint density at radius 1 is 1.18 bits per heavy atom. The lowest BCUT2D eigenvalue weighted by atomic mass is 10.2. The first-order chi connectivity index (χ1) is 8.29. The van der Waals surface area contributed by atoms with Gasteiger partial charge < -0.3 is 15.6 Å². The zero-order chi connectivity index (χ0) is 12.1. The molecule has 0 bridgehead atoms. The summed E-state index contributed by atoms with van der Waals surface area (Å²) in [6.45, 7) is 1.61. The summed E-state index contributed by atoms with van der Waals surface area (Å²) in [6, 6.07) is 12.6. The Labute approximate surface area is 102 Å². The molecule has 3 heteroatoms. The molecule has 3 N–H and O–H groups in total. The van der Waals surface area contributed by atoms with Gasteiger partial charge in [-0.2, -0.15) is 0 Å². The van der Waals surface area contributed by atoms with Crippen molar-refractivity contribution in [3.63, 3.8) is 0 Å². The molecule has 0 fully saturated rings. The quantitative estimate of drug-likeness (QED) is 0.825. The number of aromatic nitrogens is 1. The van der Waals surface area contributed by atoms with Gasteiger partial charge in [-0.15, -0.1) is 0 Å². The first kappa shape index (κ1) is 11.7. The molecule has 0 aliphatic rings. The van der Waals surface area contributed by atoms with Crippen LogP contribution in [0.5, 0.6) is 0 Å². The van der Waals surface area contributed by atoms with Crippen LogP contribution in [0.4, 0.5) is 5.69 Å². The summed E-state index contributed by atoms with van der Waals surface area (Å²) < 4.78 is 0. The minimum atomic E-state index is 0.604. The van der Waals surface area contributed by atoms with Crippen molar-refractivity contribution < 1.29 is 0 Å². The second-order valence-electron chi connectivity index (χ2n) is 4.24. The molecule has 0 aliphatic heterocycles. The minimum absolute atomic E-state index is 0.604. The Hall–Kier alpha value is -1.74. The number of H-pyrrole nitrogens is 1. The molecule has 2 aromatic rings.